The number of hydrogen-bond donors (Lipinski definition) is 1. The molecule has 1 aliphatic carbocycles. The van der Waals surface area contributed by atoms with Gasteiger partial charge in [0.15, 0.2) is 5.76 Å². The van der Waals surface area contributed by atoms with Crippen LogP contribution in [-0.2, 0) is 4.79 Å². The Morgan fingerprint density at radius 1 is 1.26 bits per heavy atom. The Morgan fingerprint density at radius 3 is 2.77 bits per heavy atom. The number of aryl methyl sites for hydroxylation is 1. The normalized spacial score (nSPS) is 25.8. The third-order valence-corrected chi connectivity index (χ3v) is 7.07. The number of rotatable bonds is 5. The van der Waals surface area contributed by atoms with E-state index in [2.05, 4.69) is 20.2 Å². The van der Waals surface area contributed by atoms with Crippen LogP contribution in [0.3, 0.4) is 0 Å². The summed E-state index contributed by atoms with van der Waals surface area (Å²) in [6, 6.07) is 3.60. The standard InChI is InChI=1S/C23H29N5O3/c1-16-6-11-31-19(16)20(29)27-10-2-7-23(21(30)26-12-17-4-5-17)15-28(14-18(23)13-27)22-24-8-3-9-25-22/h3,6,8-9,11,17-18H,2,4-5,7,10,12-15H2,1H3,(H,26,30)/t18-,23-/m1/s1. The molecule has 1 saturated carbocycles. The molecule has 8 nitrogen and oxygen atoms in total. The molecule has 2 aromatic heterocycles. The number of likely N-dealkylation sites (tertiary alicyclic amines) is 1. The SMILES string of the molecule is Cc1ccoc1C(=O)N1CCC[C@@]2(C(=O)NCC3CC3)CN(c3ncccn3)C[C@H]2C1. The van der Waals surface area contributed by atoms with Gasteiger partial charge in [-0.05, 0) is 50.7 Å². The highest BCUT2D eigenvalue weighted by Crippen LogP contribution is 2.44. The average Bonchev–Trinajstić information content (AvgIpc) is 3.46. The summed E-state index contributed by atoms with van der Waals surface area (Å²) >= 11 is 0. The van der Waals surface area contributed by atoms with Crippen LogP contribution in [0.15, 0.2) is 35.2 Å². The topological polar surface area (TPSA) is 91.6 Å². The first-order chi connectivity index (χ1) is 15.1. The van der Waals surface area contributed by atoms with E-state index in [4.69, 9.17) is 4.42 Å². The van der Waals surface area contributed by atoms with Crippen molar-refractivity contribution < 1.29 is 14.0 Å². The maximum Gasteiger partial charge on any atom is 0.289 e. The molecule has 0 spiro atoms. The van der Waals surface area contributed by atoms with E-state index in [1.807, 2.05) is 17.9 Å². The molecule has 0 radical (unpaired) electrons. The predicted molar refractivity (Wildman–Crippen MR) is 114 cm³/mol. The lowest BCUT2D eigenvalue weighted by Gasteiger charge is -2.32. The molecular formula is C23H29N5O3. The minimum absolute atomic E-state index is 0.0113. The summed E-state index contributed by atoms with van der Waals surface area (Å²) < 4.78 is 5.47. The average molecular weight is 424 g/mol. The van der Waals surface area contributed by atoms with Gasteiger partial charge in [0.25, 0.3) is 5.91 Å². The lowest BCUT2D eigenvalue weighted by molar-refractivity contribution is -0.132. The zero-order valence-electron chi connectivity index (χ0n) is 17.9. The Bertz CT molecular complexity index is 957. The van der Waals surface area contributed by atoms with Crippen LogP contribution in [0, 0.1) is 24.2 Å². The third kappa shape index (κ3) is 3.79. The second-order valence-corrected chi connectivity index (χ2v) is 9.22. The van der Waals surface area contributed by atoms with Crippen LogP contribution < -0.4 is 10.2 Å². The molecule has 31 heavy (non-hydrogen) atoms. The molecule has 3 fully saturated rings. The highest BCUT2D eigenvalue weighted by molar-refractivity contribution is 5.93. The molecule has 0 aromatic carbocycles. The first-order valence-electron chi connectivity index (χ1n) is 11.2. The Morgan fingerprint density at radius 2 is 2.06 bits per heavy atom. The minimum Gasteiger partial charge on any atom is -0.459 e. The van der Waals surface area contributed by atoms with Crippen molar-refractivity contribution in [2.45, 2.75) is 32.6 Å². The molecule has 1 N–H and O–H groups in total. The number of nitrogens with one attached hydrogen (secondary N) is 1. The molecule has 2 aliphatic heterocycles. The molecule has 2 atom stereocenters. The molecule has 2 saturated heterocycles. The number of hydrogen-bond acceptors (Lipinski definition) is 6. The molecule has 2 amide bonds. The summed E-state index contributed by atoms with van der Waals surface area (Å²) in [6.07, 6.45) is 8.94. The van der Waals surface area contributed by atoms with Gasteiger partial charge in [-0.3, -0.25) is 9.59 Å². The van der Waals surface area contributed by atoms with Gasteiger partial charge in [0, 0.05) is 56.6 Å². The number of aromatic nitrogens is 2. The van der Waals surface area contributed by atoms with E-state index in [0.717, 1.165) is 24.9 Å². The van der Waals surface area contributed by atoms with Crippen LogP contribution in [0.4, 0.5) is 5.95 Å². The first-order valence-corrected chi connectivity index (χ1v) is 11.2. The number of furan rings is 1. The van der Waals surface area contributed by atoms with Gasteiger partial charge in [-0.2, -0.15) is 0 Å². The number of fused-ring (bicyclic) bond motifs is 1. The summed E-state index contributed by atoms with van der Waals surface area (Å²) in [5, 5.41) is 3.23. The van der Waals surface area contributed by atoms with Crippen molar-refractivity contribution in [2.75, 3.05) is 37.6 Å². The summed E-state index contributed by atoms with van der Waals surface area (Å²) in [5.74, 6) is 1.70. The van der Waals surface area contributed by atoms with Crippen LogP contribution in [-0.4, -0.2) is 59.4 Å². The maximum atomic E-state index is 13.5. The van der Waals surface area contributed by atoms with Gasteiger partial charge < -0.3 is 19.5 Å². The highest BCUT2D eigenvalue weighted by atomic mass is 16.3. The van der Waals surface area contributed by atoms with E-state index < -0.39 is 5.41 Å². The monoisotopic (exact) mass is 423 g/mol. The molecule has 5 rings (SSSR count). The fourth-order valence-electron chi connectivity index (χ4n) is 5.07. The van der Waals surface area contributed by atoms with E-state index in [9.17, 15) is 9.59 Å². The van der Waals surface area contributed by atoms with Gasteiger partial charge in [0.05, 0.1) is 11.7 Å². The third-order valence-electron chi connectivity index (χ3n) is 7.07. The van der Waals surface area contributed by atoms with E-state index in [1.54, 1.807) is 24.7 Å². The fourth-order valence-corrected chi connectivity index (χ4v) is 5.07. The highest BCUT2D eigenvalue weighted by Gasteiger charge is 2.54. The van der Waals surface area contributed by atoms with Crippen molar-refractivity contribution in [2.24, 2.45) is 17.3 Å². The van der Waals surface area contributed by atoms with E-state index >= 15 is 0 Å². The van der Waals surface area contributed by atoms with Crippen LogP contribution in [0.1, 0.15) is 41.8 Å². The summed E-state index contributed by atoms with van der Waals surface area (Å²) in [7, 11) is 0. The van der Waals surface area contributed by atoms with Crippen molar-refractivity contribution in [3.05, 3.63) is 42.1 Å². The zero-order valence-corrected chi connectivity index (χ0v) is 17.9. The first kappa shape index (κ1) is 20.0. The Kier molecular flexibility index (Phi) is 5.16. The molecule has 164 valence electrons. The van der Waals surface area contributed by atoms with Crippen molar-refractivity contribution in [1.82, 2.24) is 20.2 Å². The molecule has 2 aromatic rings. The Labute approximate surface area is 182 Å². The second-order valence-electron chi connectivity index (χ2n) is 9.22. The smallest absolute Gasteiger partial charge is 0.289 e. The van der Waals surface area contributed by atoms with Crippen LogP contribution in [0.25, 0.3) is 0 Å². The van der Waals surface area contributed by atoms with Gasteiger partial charge >= 0.3 is 0 Å². The van der Waals surface area contributed by atoms with Gasteiger partial charge in [-0.1, -0.05) is 0 Å². The molecule has 4 heterocycles. The van der Waals surface area contributed by atoms with Crippen molar-refractivity contribution in [3.8, 4) is 0 Å². The molecule has 3 aliphatic rings. The number of nitrogens with zero attached hydrogens (tertiary/aromatic N) is 4. The minimum atomic E-state index is -0.540. The van der Waals surface area contributed by atoms with E-state index in [1.165, 1.54) is 12.8 Å². The van der Waals surface area contributed by atoms with Gasteiger partial charge in [0.2, 0.25) is 11.9 Å². The van der Waals surface area contributed by atoms with Crippen molar-refractivity contribution >= 4 is 17.8 Å². The van der Waals surface area contributed by atoms with Crippen LogP contribution >= 0.6 is 0 Å². The molecule has 0 bridgehead atoms. The summed E-state index contributed by atoms with van der Waals surface area (Å²) in [6.45, 7) is 5.04. The number of anilines is 1. The summed E-state index contributed by atoms with van der Waals surface area (Å²) in [5.41, 5.74) is 0.301. The lowest BCUT2D eigenvalue weighted by Crippen LogP contribution is -2.48. The quantitative estimate of drug-likeness (QED) is 0.793. The predicted octanol–water partition coefficient (Wildman–Crippen LogP) is 2.26. The number of carbonyl (C=O) groups excluding carboxylic acids is 2. The molecular weight excluding hydrogens is 394 g/mol. The maximum absolute atomic E-state index is 13.5. The van der Waals surface area contributed by atoms with Crippen LogP contribution in [0.5, 0.6) is 0 Å². The van der Waals surface area contributed by atoms with Crippen molar-refractivity contribution in [3.63, 3.8) is 0 Å². The lowest BCUT2D eigenvalue weighted by atomic mass is 9.74. The fraction of sp³-hybridized carbons (Fsp3) is 0.565. The second kappa shape index (κ2) is 7.98. The zero-order chi connectivity index (χ0) is 21.4. The Hall–Kier alpha value is -2.90. The van der Waals surface area contributed by atoms with E-state index in [0.29, 0.717) is 43.8 Å². The van der Waals surface area contributed by atoms with Gasteiger partial charge in [0.1, 0.15) is 0 Å². The summed E-state index contributed by atoms with van der Waals surface area (Å²) in [4.78, 5) is 39.5. The van der Waals surface area contributed by atoms with Gasteiger partial charge in [-0.15, -0.1) is 0 Å². The Balaban J connectivity index is 1.41. The van der Waals surface area contributed by atoms with E-state index in [-0.39, 0.29) is 17.7 Å². The number of carbonyl (C=O) groups is 2. The van der Waals surface area contributed by atoms with Gasteiger partial charge in [-0.25, -0.2) is 9.97 Å². The van der Waals surface area contributed by atoms with Crippen LogP contribution in [0.2, 0.25) is 0 Å². The molecule has 0 unspecified atom stereocenters. The van der Waals surface area contributed by atoms with Crippen molar-refractivity contribution in [1.29, 1.82) is 0 Å². The molecule has 8 heteroatoms. The number of amides is 2. The largest absolute Gasteiger partial charge is 0.459 e.